The second-order valence-corrected chi connectivity index (χ2v) is 26.1. The zero-order valence-electron chi connectivity index (χ0n) is 62.2. The average molecular weight is 1810 g/mol. The van der Waals surface area contributed by atoms with E-state index in [2.05, 4.69) is 95.7 Å². The van der Waals surface area contributed by atoms with Crippen molar-refractivity contribution in [2.75, 3.05) is 71.2 Å². The summed E-state index contributed by atoms with van der Waals surface area (Å²) in [5.74, 6) is 0.337. The minimum Gasteiger partial charge on any atom is -1.00 e. The van der Waals surface area contributed by atoms with Gasteiger partial charge in [-0.15, -0.1) is 0 Å². The number of carbonyl (C=O) groups is 1. The number of rotatable bonds is 27. The molecular weight excluding hydrogens is 1720 g/mol. The summed E-state index contributed by atoms with van der Waals surface area (Å²) in [6, 6.07) is 41.7. The molecule has 0 atom stereocenters. The number of hydrogen-bond acceptors (Lipinski definition) is 19. The number of nitrogens with one attached hydrogen (secondary N) is 30. The molecule has 0 amide bonds. The topological polar surface area (TPSA) is 652 Å². The fraction of sp³-hybridized carbons (Fsp3) is 0.269. The maximum Gasteiger partial charge on any atom is 2.00 e. The van der Waals surface area contributed by atoms with E-state index in [4.69, 9.17) is 169 Å². The molecule has 6 rings (SSSR count). The summed E-state index contributed by atoms with van der Waals surface area (Å²) in [5.41, 5.74) is 4.26. The van der Waals surface area contributed by atoms with Crippen molar-refractivity contribution in [3.63, 3.8) is 0 Å². The number of anilines is 6. The SMILES string of the molecule is N=C(NCCCCCCNC(=N)NC(=N)Nc1ccc(Cl)cc1)NC(=N)Nc1ccc(Cl)cc1.N=C(NCCCCCCNC(=N)NC(=N)Nc1ccc(Cl)cc1)NC(=N)Nc1ccc(Cl)cc1.N=C(NCCCCCCNC(=N)NC(=N)Nc1ccc(Cl)cc1)NC(=N)Nc1ccc(Cl)cc1.O=C([O-])[O-].O=P([O-])([O-])[O-].[Ca+2].[Ca+2].[Ca+2].[F-]. The van der Waals surface area contributed by atoms with Crippen molar-refractivity contribution in [2.45, 2.75) is 77.0 Å². The summed E-state index contributed by atoms with van der Waals surface area (Å²) < 4.78 is 8.55. The minimum atomic E-state index is -5.39. The molecule has 30 N–H and O–H groups in total. The van der Waals surface area contributed by atoms with E-state index >= 15 is 0 Å². The van der Waals surface area contributed by atoms with Gasteiger partial charge in [0.2, 0.25) is 0 Å². The fourth-order valence-electron chi connectivity index (χ4n) is 8.36. The predicted octanol–water partition coefficient (Wildman–Crippen LogP) is 3.12. The molecule has 0 aliphatic carbocycles. The Morgan fingerprint density at radius 2 is 0.357 bits per heavy atom. The second-order valence-electron chi connectivity index (χ2n) is 22.5. The summed E-state index contributed by atoms with van der Waals surface area (Å²) in [7, 11) is -5.39. The van der Waals surface area contributed by atoms with Crippen LogP contribution >= 0.6 is 77.4 Å². The van der Waals surface area contributed by atoms with Crippen LogP contribution in [0.5, 0.6) is 0 Å². The Kier molecular flexibility index (Phi) is 64.7. The van der Waals surface area contributed by atoms with Crippen molar-refractivity contribution in [3.05, 3.63) is 176 Å². The molecule has 0 saturated carbocycles. The van der Waals surface area contributed by atoms with Crippen LogP contribution in [0.3, 0.4) is 0 Å². The van der Waals surface area contributed by atoms with Gasteiger partial charge < -0.3 is 103 Å². The Bertz CT molecular complexity index is 3370. The molecular formula is C67H90Ca3Cl6FN30O7P. The molecule has 0 heterocycles. The fourth-order valence-corrected chi connectivity index (χ4v) is 9.11. The molecule has 115 heavy (non-hydrogen) atoms. The number of unbranched alkanes of at least 4 members (excludes halogenated alkanes) is 9. The van der Waals surface area contributed by atoms with Gasteiger partial charge in [-0.3, -0.25) is 96.8 Å². The van der Waals surface area contributed by atoms with Crippen molar-refractivity contribution in [3.8, 4) is 0 Å². The zero-order valence-corrected chi connectivity index (χ0v) is 74.2. The number of carboxylic acid groups (broad SMARTS) is 2. The molecule has 0 aliphatic heterocycles. The van der Waals surface area contributed by atoms with Crippen molar-refractivity contribution in [2.24, 2.45) is 0 Å². The molecule has 0 bridgehead atoms. The van der Waals surface area contributed by atoms with Crippen LogP contribution < -0.4 is 125 Å². The number of carbonyl (C=O) groups excluding carboxylic acids is 1. The molecule has 6 aromatic carbocycles. The van der Waals surface area contributed by atoms with Crippen LogP contribution in [0.2, 0.25) is 30.1 Å². The van der Waals surface area contributed by atoms with E-state index in [1.54, 1.807) is 146 Å². The Hall–Kier alpha value is -7.41. The maximum atomic E-state index is 8.55. The van der Waals surface area contributed by atoms with Crippen LogP contribution in [-0.4, -0.2) is 230 Å². The van der Waals surface area contributed by atoms with Gasteiger partial charge in [0, 0.05) is 104 Å². The third kappa shape index (κ3) is 65.3. The van der Waals surface area contributed by atoms with Gasteiger partial charge in [-0.05, 0) is 190 Å². The smallest absolute Gasteiger partial charge is 1.00 e. The summed E-state index contributed by atoms with van der Waals surface area (Å²) in [6.07, 6.45) is 8.78. The second kappa shape index (κ2) is 66.6. The maximum absolute atomic E-state index is 8.55. The molecule has 0 saturated heterocycles. The zero-order chi connectivity index (χ0) is 82.4. The first-order chi connectivity index (χ1) is 52.7. The third-order valence-electron chi connectivity index (χ3n) is 13.3. The number of benzene rings is 6. The first-order valence-electron chi connectivity index (χ1n) is 33.5. The van der Waals surface area contributed by atoms with E-state index < -0.39 is 14.0 Å². The van der Waals surface area contributed by atoms with Crippen LogP contribution in [0.4, 0.5) is 38.9 Å². The van der Waals surface area contributed by atoms with Crippen LogP contribution in [0.1, 0.15) is 77.0 Å². The Morgan fingerprint density at radius 3 is 0.461 bits per heavy atom. The molecule has 0 aromatic heterocycles. The summed E-state index contributed by atoms with van der Waals surface area (Å²) in [5, 5.41) is 165. The van der Waals surface area contributed by atoms with E-state index in [1.165, 1.54) is 0 Å². The number of guanidine groups is 12. The monoisotopic (exact) mass is 1810 g/mol. The quantitative estimate of drug-likeness (QED) is 0.0116. The summed E-state index contributed by atoms with van der Waals surface area (Å²) >= 11 is 35.0. The van der Waals surface area contributed by atoms with Gasteiger partial charge in [0.25, 0.3) is 0 Å². The van der Waals surface area contributed by atoms with E-state index in [1.807, 2.05) is 0 Å². The molecule has 610 valence electrons. The molecule has 0 spiro atoms. The van der Waals surface area contributed by atoms with E-state index in [0.717, 1.165) is 77.0 Å². The average Bonchev–Trinajstić information content (AvgIpc) is 0.938. The van der Waals surface area contributed by atoms with E-state index in [-0.39, 0.29) is 189 Å². The van der Waals surface area contributed by atoms with Gasteiger partial charge in [-0.1, -0.05) is 108 Å². The van der Waals surface area contributed by atoms with Gasteiger partial charge >= 0.3 is 113 Å². The van der Waals surface area contributed by atoms with Crippen molar-refractivity contribution >= 4 is 302 Å². The summed E-state index contributed by atoms with van der Waals surface area (Å²) in [4.78, 5) is 34.0. The van der Waals surface area contributed by atoms with Gasteiger partial charge in [0.15, 0.2) is 71.5 Å². The molecule has 0 unspecified atom stereocenters. The van der Waals surface area contributed by atoms with Crippen LogP contribution in [0.25, 0.3) is 0 Å². The molecule has 37 nitrogen and oxygen atoms in total. The molecule has 0 fully saturated rings. The Balaban J connectivity index is -0.00000152. The predicted molar refractivity (Wildman–Crippen MR) is 456 cm³/mol. The Labute approximate surface area is 785 Å². The van der Waals surface area contributed by atoms with Crippen LogP contribution in [-0.2, 0) is 4.57 Å². The van der Waals surface area contributed by atoms with Gasteiger partial charge in [-0.2, -0.15) is 7.82 Å². The molecule has 48 heteroatoms. The normalized spacial score (nSPS) is 9.64. The van der Waals surface area contributed by atoms with Gasteiger partial charge in [-0.25, -0.2) is 0 Å². The number of phosphoric acid groups is 1. The Morgan fingerprint density at radius 1 is 0.252 bits per heavy atom. The van der Waals surface area contributed by atoms with Gasteiger partial charge in [0.1, 0.15) is 0 Å². The van der Waals surface area contributed by atoms with E-state index in [0.29, 0.717) is 104 Å². The molecule has 6 aromatic rings. The molecule has 0 aliphatic rings. The number of halogens is 7. The standard InChI is InChI=1S/3C22H30Cl2N10.CH2O3.3Ca.FH.H3O4P/c3*23-15-5-9-17(10-6-15)31-21(27)33-19(25)29-13-3-1-2-4-14-30-20(26)34-22(28)32-18-11-7-16(24)8-12-18;2-1(3)4;;;;;1-5(2,3)4/h3*5-12H,1-4,13-14H2,(H5,25,27,29,31,33)(H5,26,28,30,32,34);(H2,2,3,4);;;;1H;(H3,1,2,3,4)/q;;;;3*+2;;/p-6. The largest absolute Gasteiger partial charge is 2.00 e. The minimum absolute atomic E-state index is 0. The molecule has 0 radical (unpaired) electrons. The first kappa shape index (κ1) is 112. The third-order valence-corrected chi connectivity index (χ3v) is 14.8. The number of hydrogen-bond donors (Lipinski definition) is 30. The summed E-state index contributed by atoms with van der Waals surface area (Å²) in [6.45, 7) is 3.74. The van der Waals surface area contributed by atoms with Crippen molar-refractivity contribution in [1.29, 1.82) is 64.9 Å². The van der Waals surface area contributed by atoms with E-state index in [9.17, 15) is 0 Å². The van der Waals surface area contributed by atoms with Crippen LogP contribution in [0, 0.1) is 64.9 Å². The van der Waals surface area contributed by atoms with Crippen molar-refractivity contribution in [1.82, 2.24) is 63.8 Å². The van der Waals surface area contributed by atoms with Crippen molar-refractivity contribution < 1.29 is 39.0 Å². The van der Waals surface area contributed by atoms with Gasteiger partial charge in [0.05, 0.1) is 0 Å². The van der Waals surface area contributed by atoms with Crippen LogP contribution in [0.15, 0.2) is 146 Å². The first-order valence-corrected chi connectivity index (χ1v) is 37.3.